The topological polar surface area (TPSA) is 98.5 Å². The minimum Gasteiger partial charge on any atom is -0.506 e. The van der Waals surface area contributed by atoms with Crippen molar-refractivity contribution in [1.82, 2.24) is 14.8 Å². The van der Waals surface area contributed by atoms with Gasteiger partial charge < -0.3 is 24.5 Å². The predicted octanol–water partition coefficient (Wildman–Crippen LogP) is 3.88. The van der Waals surface area contributed by atoms with Crippen molar-refractivity contribution in [3.8, 4) is 17.2 Å². The fraction of sp³-hybridized carbons (Fsp3) is 0.286. The van der Waals surface area contributed by atoms with Crippen LogP contribution < -0.4 is 14.8 Å². The number of phenolic OH excluding ortho intramolecular Hbond substituents is 1. The van der Waals surface area contributed by atoms with Crippen molar-refractivity contribution in [1.29, 1.82) is 0 Å². The summed E-state index contributed by atoms with van der Waals surface area (Å²) in [5.74, 6) is 1.97. The third kappa shape index (κ3) is 5.24. The first-order chi connectivity index (χ1) is 14.5. The summed E-state index contributed by atoms with van der Waals surface area (Å²) in [7, 11) is 1.61. The van der Waals surface area contributed by atoms with Crippen LogP contribution in [0.4, 0.5) is 5.69 Å². The monoisotopic (exact) mass is 428 g/mol. The summed E-state index contributed by atoms with van der Waals surface area (Å²) >= 11 is 1.28. The molecular formula is C21H24N4O4S. The number of amides is 1. The molecule has 0 radical (unpaired) electrons. The second kappa shape index (κ2) is 10.0. The molecule has 8 nitrogen and oxygen atoms in total. The van der Waals surface area contributed by atoms with Gasteiger partial charge in [-0.3, -0.25) is 4.79 Å². The van der Waals surface area contributed by atoms with Crippen molar-refractivity contribution in [3.63, 3.8) is 0 Å². The number of carbonyl (C=O) groups is 1. The normalized spacial score (nSPS) is 11.7. The van der Waals surface area contributed by atoms with Crippen LogP contribution in [0.5, 0.6) is 17.2 Å². The van der Waals surface area contributed by atoms with Crippen LogP contribution in [-0.2, 0) is 11.3 Å². The molecule has 3 aromatic rings. The largest absolute Gasteiger partial charge is 0.506 e. The van der Waals surface area contributed by atoms with Crippen molar-refractivity contribution < 1.29 is 19.4 Å². The molecule has 1 atom stereocenters. The summed E-state index contributed by atoms with van der Waals surface area (Å²) in [6, 6.07) is 14.0. The molecule has 0 aliphatic heterocycles. The number of aromatic nitrogens is 3. The Labute approximate surface area is 179 Å². The third-order valence-electron chi connectivity index (χ3n) is 4.29. The maximum Gasteiger partial charge on any atom is 0.234 e. The van der Waals surface area contributed by atoms with E-state index in [1.807, 2.05) is 42.7 Å². The van der Waals surface area contributed by atoms with E-state index in [4.69, 9.17) is 9.47 Å². The van der Waals surface area contributed by atoms with E-state index in [1.54, 1.807) is 25.3 Å². The van der Waals surface area contributed by atoms with Crippen LogP contribution in [0.3, 0.4) is 0 Å². The van der Waals surface area contributed by atoms with Crippen LogP contribution in [-0.4, -0.2) is 38.6 Å². The van der Waals surface area contributed by atoms with E-state index < -0.39 is 0 Å². The average Bonchev–Trinajstić information content (AvgIpc) is 3.17. The highest BCUT2D eigenvalue weighted by molar-refractivity contribution is 7.99. The Morgan fingerprint density at radius 1 is 1.20 bits per heavy atom. The van der Waals surface area contributed by atoms with Gasteiger partial charge in [0.1, 0.15) is 17.2 Å². The molecule has 2 N–H and O–H groups in total. The number of methoxy groups -OCH3 is 1. The van der Waals surface area contributed by atoms with E-state index in [9.17, 15) is 9.90 Å². The quantitative estimate of drug-likeness (QED) is 0.394. The molecule has 9 heteroatoms. The van der Waals surface area contributed by atoms with Gasteiger partial charge in [0.25, 0.3) is 0 Å². The molecule has 3 rings (SSSR count). The molecule has 2 aromatic carbocycles. The molecule has 0 spiro atoms. The van der Waals surface area contributed by atoms with E-state index >= 15 is 0 Å². The van der Waals surface area contributed by atoms with Gasteiger partial charge in [0.2, 0.25) is 5.91 Å². The minimum atomic E-state index is -0.339. The van der Waals surface area contributed by atoms with Crippen molar-refractivity contribution in [3.05, 3.63) is 54.4 Å². The number of thioether (sulfide) groups is 1. The van der Waals surface area contributed by atoms with E-state index in [0.717, 1.165) is 0 Å². The number of nitrogens with one attached hydrogen (secondary N) is 1. The number of nitrogens with zero attached hydrogens (tertiary/aromatic N) is 3. The highest BCUT2D eigenvalue weighted by Gasteiger charge is 2.20. The van der Waals surface area contributed by atoms with Crippen LogP contribution in [0.1, 0.15) is 25.8 Å². The molecule has 1 heterocycles. The minimum absolute atomic E-state index is 0.0263. The second-order valence-electron chi connectivity index (χ2n) is 6.38. The molecule has 1 amide bonds. The zero-order valence-electron chi connectivity index (χ0n) is 17.0. The molecular weight excluding hydrogens is 404 g/mol. The fourth-order valence-electron chi connectivity index (χ4n) is 2.83. The number of aromatic hydroxyl groups is 1. The lowest BCUT2D eigenvalue weighted by Gasteiger charge is -2.16. The Hall–Kier alpha value is -3.20. The first-order valence-electron chi connectivity index (χ1n) is 9.46. The van der Waals surface area contributed by atoms with Gasteiger partial charge in [0.15, 0.2) is 17.1 Å². The van der Waals surface area contributed by atoms with E-state index in [1.165, 1.54) is 17.8 Å². The molecule has 0 aliphatic rings. The van der Waals surface area contributed by atoms with Gasteiger partial charge in [-0.05, 0) is 38.1 Å². The summed E-state index contributed by atoms with van der Waals surface area (Å²) in [5, 5.41) is 21.6. The molecule has 0 saturated carbocycles. The first kappa shape index (κ1) is 21.5. The number of ether oxygens (including phenoxy) is 2. The maximum absolute atomic E-state index is 12.2. The van der Waals surface area contributed by atoms with Gasteiger partial charge in [-0.25, -0.2) is 0 Å². The highest BCUT2D eigenvalue weighted by atomic mass is 32.2. The van der Waals surface area contributed by atoms with Gasteiger partial charge in [0.05, 0.1) is 18.6 Å². The third-order valence-corrected chi connectivity index (χ3v) is 5.26. The molecule has 0 saturated heterocycles. The molecule has 158 valence electrons. The Morgan fingerprint density at radius 2 is 1.97 bits per heavy atom. The lowest BCUT2D eigenvalue weighted by atomic mass is 10.3. The summed E-state index contributed by atoms with van der Waals surface area (Å²) in [6.45, 7) is 4.52. The number of anilines is 1. The SMILES string of the molecule is CCn1c(SCC(=O)Nc2ccccc2O)nnc1C(C)Oc1cccc(OC)c1. The number of carbonyl (C=O) groups excluding carboxylic acids is 1. The maximum atomic E-state index is 12.2. The number of para-hydroxylation sites is 2. The average molecular weight is 429 g/mol. The lowest BCUT2D eigenvalue weighted by Crippen LogP contribution is -2.15. The van der Waals surface area contributed by atoms with Crippen molar-refractivity contribution >= 4 is 23.4 Å². The van der Waals surface area contributed by atoms with E-state index in [-0.39, 0.29) is 23.5 Å². The van der Waals surface area contributed by atoms with Crippen LogP contribution in [0, 0.1) is 0 Å². The number of benzene rings is 2. The Morgan fingerprint density at radius 3 is 2.70 bits per heavy atom. The summed E-state index contributed by atoms with van der Waals surface area (Å²) < 4.78 is 13.1. The number of rotatable bonds is 9. The summed E-state index contributed by atoms with van der Waals surface area (Å²) in [4.78, 5) is 12.2. The zero-order valence-corrected chi connectivity index (χ0v) is 17.8. The summed E-state index contributed by atoms with van der Waals surface area (Å²) in [6.07, 6.45) is -0.339. The van der Waals surface area contributed by atoms with Crippen molar-refractivity contribution in [2.45, 2.75) is 31.7 Å². The smallest absolute Gasteiger partial charge is 0.234 e. The number of hydrogen-bond donors (Lipinski definition) is 2. The van der Waals surface area contributed by atoms with Crippen molar-refractivity contribution in [2.24, 2.45) is 0 Å². The van der Waals surface area contributed by atoms with Gasteiger partial charge in [-0.2, -0.15) is 0 Å². The number of phenols is 1. The predicted molar refractivity (Wildman–Crippen MR) is 115 cm³/mol. The molecule has 30 heavy (non-hydrogen) atoms. The standard InChI is InChI=1S/C21H24N4O4S/c1-4-25-20(14(2)29-16-9-7-8-15(12-16)28-3)23-24-21(25)30-13-19(27)22-17-10-5-6-11-18(17)26/h5-12,14,26H,4,13H2,1-3H3,(H,22,27). The van der Waals surface area contributed by atoms with Crippen molar-refractivity contribution in [2.75, 3.05) is 18.2 Å². The molecule has 0 bridgehead atoms. The lowest BCUT2D eigenvalue weighted by molar-refractivity contribution is -0.113. The van der Waals surface area contributed by atoms with Crippen LogP contribution in [0.2, 0.25) is 0 Å². The molecule has 1 aromatic heterocycles. The zero-order chi connectivity index (χ0) is 21.5. The summed E-state index contributed by atoms with van der Waals surface area (Å²) in [5.41, 5.74) is 0.376. The van der Waals surface area contributed by atoms with Gasteiger partial charge >= 0.3 is 0 Å². The molecule has 0 fully saturated rings. The van der Waals surface area contributed by atoms with E-state index in [2.05, 4.69) is 15.5 Å². The molecule has 0 aliphatic carbocycles. The van der Waals surface area contributed by atoms with Gasteiger partial charge in [-0.15, -0.1) is 10.2 Å². The Kier molecular flexibility index (Phi) is 7.18. The number of hydrogen-bond acceptors (Lipinski definition) is 7. The van der Waals surface area contributed by atoms with Crippen LogP contribution >= 0.6 is 11.8 Å². The molecule has 1 unspecified atom stereocenters. The van der Waals surface area contributed by atoms with Gasteiger partial charge in [-0.1, -0.05) is 30.0 Å². The Balaban J connectivity index is 1.64. The fourth-order valence-corrected chi connectivity index (χ4v) is 3.64. The Bertz CT molecular complexity index is 1010. The second-order valence-corrected chi connectivity index (χ2v) is 7.32. The van der Waals surface area contributed by atoms with Gasteiger partial charge in [0, 0.05) is 12.6 Å². The van der Waals surface area contributed by atoms with E-state index in [0.29, 0.717) is 34.7 Å². The first-order valence-corrected chi connectivity index (χ1v) is 10.4. The highest BCUT2D eigenvalue weighted by Crippen LogP contribution is 2.27. The van der Waals surface area contributed by atoms with Crippen LogP contribution in [0.25, 0.3) is 0 Å². The van der Waals surface area contributed by atoms with Crippen LogP contribution in [0.15, 0.2) is 53.7 Å².